The highest BCUT2D eigenvalue weighted by Gasteiger charge is 2.26. The van der Waals surface area contributed by atoms with Gasteiger partial charge in [-0.1, -0.05) is 29.8 Å². The topological polar surface area (TPSA) is 81.5 Å². The van der Waals surface area contributed by atoms with Crippen LogP contribution in [0.25, 0.3) is 0 Å². The third-order valence-electron chi connectivity index (χ3n) is 3.66. The number of carbonyl (C=O) groups excluding carboxylic acids is 1. The van der Waals surface area contributed by atoms with Gasteiger partial charge in [0.2, 0.25) is 0 Å². The lowest BCUT2D eigenvalue weighted by Gasteiger charge is -2.26. The number of ether oxygens (including phenoxy) is 1. The number of fused-ring (bicyclic) bond motifs is 1. The van der Waals surface area contributed by atoms with Crippen molar-refractivity contribution in [3.05, 3.63) is 68.7 Å². The molecule has 0 spiro atoms. The fourth-order valence-electron chi connectivity index (χ4n) is 2.58. The summed E-state index contributed by atoms with van der Waals surface area (Å²) in [6, 6.07) is 11.2. The van der Waals surface area contributed by atoms with E-state index in [1.165, 1.54) is 18.2 Å². The smallest absolute Gasteiger partial charge is 0.283 e. The van der Waals surface area contributed by atoms with Crippen molar-refractivity contribution in [1.82, 2.24) is 5.32 Å². The van der Waals surface area contributed by atoms with E-state index in [0.29, 0.717) is 13.0 Å². The molecule has 7 heteroatoms. The van der Waals surface area contributed by atoms with Crippen molar-refractivity contribution < 1.29 is 14.5 Å². The average molecular weight is 333 g/mol. The molecule has 6 nitrogen and oxygen atoms in total. The van der Waals surface area contributed by atoms with Crippen LogP contribution < -0.4 is 10.1 Å². The minimum Gasteiger partial charge on any atom is -0.493 e. The zero-order valence-corrected chi connectivity index (χ0v) is 12.7. The Morgan fingerprint density at radius 2 is 2.09 bits per heavy atom. The summed E-state index contributed by atoms with van der Waals surface area (Å²) in [6.07, 6.45) is 0.601. The van der Waals surface area contributed by atoms with Crippen molar-refractivity contribution in [1.29, 1.82) is 0 Å². The molecule has 0 saturated heterocycles. The highest BCUT2D eigenvalue weighted by molar-refractivity contribution is 6.31. The van der Waals surface area contributed by atoms with Crippen LogP contribution in [-0.4, -0.2) is 17.4 Å². The summed E-state index contributed by atoms with van der Waals surface area (Å²) < 4.78 is 5.54. The maximum Gasteiger partial charge on any atom is 0.283 e. The van der Waals surface area contributed by atoms with Crippen LogP contribution in [0.3, 0.4) is 0 Å². The molecule has 0 fully saturated rings. The molecular weight excluding hydrogens is 320 g/mol. The molecule has 0 saturated carbocycles. The number of rotatable bonds is 3. The lowest BCUT2D eigenvalue weighted by atomic mass is 10.00. The Labute approximate surface area is 137 Å². The summed E-state index contributed by atoms with van der Waals surface area (Å²) >= 11 is 5.77. The van der Waals surface area contributed by atoms with Crippen LogP contribution in [0.2, 0.25) is 5.02 Å². The van der Waals surface area contributed by atoms with Gasteiger partial charge < -0.3 is 10.1 Å². The number of hydrogen-bond donors (Lipinski definition) is 1. The van der Waals surface area contributed by atoms with E-state index in [1.807, 2.05) is 24.3 Å². The van der Waals surface area contributed by atoms with Gasteiger partial charge in [0.15, 0.2) is 0 Å². The van der Waals surface area contributed by atoms with Gasteiger partial charge in [-0.15, -0.1) is 0 Å². The number of nitro groups is 1. The molecule has 1 N–H and O–H groups in total. The molecule has 1 aliphatic rings. The summed E-state index contributed by atoms with van der Waals surface area (Å²) in [5.41, 5.74) is 0.544. The van der Waals surface area contributed by atoms with Gasteiger partial charge in [0, 0.05) is 23.1 Å². The number of nitro benzene ring substituents is 1. The van der Waals surface area contributed by atoms with Crippen molar-refractivity contribution in [2.45, 2.75) is 12.5 Å². The van der Waals surface area contributed by atoms with Crippen molar-refractivity contribution in [2.24, 2.45) is 0 Å². The predicted molar refractivity (Wildman–Crippen MR) is 84.9 cm³/mol. The summed E-state index contributed by atoms with van der Waals surface area (Å²) in [5.74, 6) is 0.213. The second-order valence-corrected chi connectivity index (χ2v) is 5.56. The minimum atomic E-state index is -0.612. The summed E-state index contributed by atoms with van der Waals surface area (Å²) in [7, 11) is 0. The van der Waals surface area contributed by atoms with Gasteiger partial charge in [-0.2, -0.15) is 0 Å². The van der Waals surface area contributed by atoms with Gasteiger partial charge in [-0.25, -0.2) is 0 Å². The molecular formula is C16H13ClN2O4. The van der Waals surface area contributed by atoms with Crippen molar-refractivity contribution in [2.75, 3.05) is 6.61 Å². The van der Waals surface area contributed by atoms with Crippen LogP contribution >= 0.6 is 11.6 Å². The highest BCUT2D eigenvalue weighted by atomic mass is 35.5. The summed E-state index contributed by atoms with van der Waals surface area (Å²) in [4.78, 5) is 23.0. The van der Waals surface area contributed by atoms with Crippen LogP contribution in [0.5, 0.6) is 5.75 Å². The number of carbonyl (C=O) groups is 1. The van der Waals surface area contributed by atoms with Gasteiger partial charge >= 0.3 is 0 Å². The second-order valence-electron chi connectivity index (χ2n) is 5.12. The number of hydrogen-bond acceptors (Lipinski definition) is 4. The molecule has 1 atom stereocenters. The average Bonchev–Trinajstić information content (AvgIpc) is 2.55. The molecule has 2 aromatic rings. The molecule has 3 rings (SSSR count). The van der Waals surface area contributed by atoms with Gasteiger partial charge in [0.1, 0.15) is 11.3 Å². The van der Waals surface area contributed by atoms with Crippen molar-refractivity contribution in [3.8, 4) is 5.75 Å². The van der Waals surface area contributed by atoms with E-state index in [-0.39, 0.29) is 22.3 Å². The van der Waals surface area contributed by atoms with E-state index in [2.05, 4.69) is 5.32 Å². The largest absolute Gasteiger partial charge is 0.493 e. The molecule has 23 heavy (non-hydrogen) atoms. The molecule has 0 radical (unpaired) electrons. The molecule has 118 valence electrons. The van der Waals surface area contributed by atoms with Gasteiger partial charge in [0.25, 0.3) is 11.6 Å². The predicted octanol–water partition coefficient (Wildman–Crippen LogP) is 3.50. The molecule has 1 unspecified atom stereocenters. The van der Waals surface area contributed by atoms with Crippen LogP contribution in [0, 0.1) is 10.1 Å². The molecule has 0 bridgehead atoms. The Hall–Kier alpha value is -2.60. The van der Waals surface area contributed by atoms with E-state index in [1.54, 1.807) is 0 Å². The number of nitrogens with zero attached hydrogens (tertiary/aromatic N) is 1. The molecule has 1 aliphatic heterocycles. The number of amides is 1. The Morgan fingerprint density at radius 1 is 1.30 bits per heavy atom. The summed E-state index contributed by atoms with van der Waals surface area (Å²) in [5, 5.41) is 14.2. The zero-order valence-electron chi connectivity index (χ0n) is 12.0. The fourth-order valence-corrected chi connectivity index (χ4v) is 2.74. The first-order valence-corrected chi connectivity index (χ1v) is 7.40. The third kappa shape index (κ3) is 3.12. The van der Waals surface area contributed by atoms with Gasteiger partial charge in [-0.3, -0.25) is 14.9 Å². The molecule has 0 aliphatic carbocycles. The number of nitrogens with one attached hydrogen (secondary N) is 1. The SMILES string of the molecule is O=C(NC1CCOc2ccccc21)c1ccc(Cl)cc1[N+](=O)[O-]. The van der Waals surface area contributed by atoms with Crippen LogP contribution in [-0.2, 0) is 0 Å². The minimum absolute atomic E-state index is 0.0108. The highest BCUT2D eigenvalue weighted by Crippen LogP contribution is 2.32. The normalized spacial score (nSPS) is 16.1. The molecule has 2 aromatic carbocycles. The molecule has 1 amide bonds. The number of halogens is 1. The zero-order chi connectivity index (χ0) is 16.4. The lowest BCUT2D eigenvalue weighted by molar-refractivity contribution is -0.385. The Bertz CT molecular complexity index is 778. The Morgan fingerprint density at radius 3 is 2.87 bits per heavy atom. The van der Waals surface area contributed by atoms with E-state index < -0.39 is 10.8 Å². The number of benzene rings is 2. The van der Waals surface area contributed by atoms with E-state index >= 15 is 0 Å². The van der Waals surface area contributed by atoms with Gasteiger partial charge in [-0.05, 0) is 18.2 Å². The maximum atomic E-state index is 12.5. The summed E-state index contributed by atoms with van der Waals surface area (Å²) in [6.45, 7) is 0.477. The standard InChI is InChI=1S/C16H13ClN2O4/c17-10-5-6-12(14(9-10)19(21)22)16(20)18-13-7-8-23-15-4-2-1-3-11(13)15/h1-6,9,13H,7-8H2,(H,18,20). The number of para-hydroxylation sites is 1. The van der Waals surface area contributed by atoms with Crippen LogP contribution in [0.4, 0.5) is 5.69 Å². The maximum absolute atomic E-state index is 12.5. The van der Waals surface area contributed by atoms with Crippen molar-refractivity contribution in [3.63, 3.8) is 0 Å². The first kappa shape index (κ1) is 15.3. The van der Waals surface area contributed by atoms with Crippen LogP contribution in [0.1, 0.15) is 28.4 Å². The fraction of sp³-hybridized carbons (Fsp3) is 0.188. The third-order valence-corrected chi connectivity index (χ3v) is 3.90. The molecule has 1 heterocycles. The van der Waals surface area contributed by atoms with E-state index in [9.17, 15) is 14.9 Å². The molecule has 0 aromatic heterocycles. The van der Waals surface area contributed by atoms with E-state index in [0.717, 1.165) is 11.3 Å². The van der Waals surface area contributed by atoms with Crippen LogP contribution in [0.15, 0.2) is 42.5 Å². The monoisotopic (exact) mass is 332 g/mol. The first-order valence-electron chi connectivity index (χ1n) is 7.03. The quantitative estimate of drug-likeness (QED) is 0.689. The van der Waals surface area contributed by atoms with E-state index in [4.69, 9.17) is 16.3 Å². The van der Waals surface area contributed by atoms with Gasteiger partial charge in [0.05, 0.1) is 17.6 Å². The Kier molecular flexibility index (Phi) is 4.16. The first-order chi connectivity index (χ1) is 11.1. The van der Waals surface area contributed by atoms with Crippen molar-refractivity contribution >= 4 is 23.2 Å². The second kappa shape index (κ2) is 6.26. The Balaban J connectivity index is 1.88. The lowest BCUT2D eigenvalue weighted by Crippen LogP contribution is -2.32.